The van der Waals surface area contributed by atoms with Crippen molar-refractivity contribution in [3.63, 3.8) is 0 Å². The van der Waals surface area contributed by atoms with Gasteiger partial charge in [0.15, 0.2) is 5.65 Å². The van der Waals surface area contributed by atoms with Crippen molar-refractivity contribution in [2.45, 2.75) is 45.6 Å². The third-order valence-corrected chi connectivity index (χ3v) is 5.99. The zero-order valence-electron chi connectivity index (χ0n) is 18.6. The Morgan fingerprint density at radius 3 is 2.72 bits per heavy atom. The first kappa shape index (κ1) is 19.0. The third kappa shape index (κ3) is 3.04. The Labute approximate surface area is 185 Å². The van der Waals surface area contributed by atoms with Gasteiger partial charge in [0.25, 0.3) is 0 Å². The van der Waals surface area contributed by atoms with Gasteiger partial charge in [-0.05, 0) is 37.8 Å². The largest absolute Gasteiger partial charge is 0.324 e. The van der Waals surface area contributed by atoms with Gasteiger partial charge in [-0.1, -0.05) is 13.8 Å². The average Bonchev–Trinajstić information content (AvgIpc) is 3.21. The van der Waals surface area contributed by atoms with Crippen LogP contribution in [0.1, 0.15) is 50.2 Å². The van der Waals surface area contributed by atoms with E-state index in [1.165, 1.54) is 12.8 Å². The van der Waals surface area contributed by atoms with Crippen LogP contribution in [0.2, 0.25) is 0 Å². The molecule has 1 aliphatic rings. The number of nitrogens with one attached hydrogen (secondary N) is 1. The molecule has 1 aliphatic carbocycles. The molecule has 5 aromatic heterocycles. The summed E-state index contributed by atoms with van der Waals surface area (Å²) in [6.45, 7) is 6.37. The lowest BCUT2D eigenvalue weighted by molar-refractivity contribution is 0.734. The molecule has 0 saturated heterocycles. The SMILES string of the molecule is Cc1nc2ncc(-c3ccn4nc(Nc5cnn(C)c5)nc(C(C)C)c34)cc2n1C1CC1. The summed E-state index contributed by atoms with van der Waals surface area (Å²) in [5.74, 6) is 1.80. The number of nitrogens with zero attached hydrogens (tertiary/aromatic N) is 8. The molecule has 0 unspecified atom stereocenters. The second-order valence-electron chi connectivity index (χ2n) is 8.85. The normalized spacial score (nSPS) is 14.2. The molecule has 0 spiro atoms. The van der Waals surface area contributed by atoms with Gasteiger partial charge in [0.1, 0.15) is 5.82 Å². The number of anilines is 2. The Morgan fingerprint density at radius 2 is 2.00 bits per heavy atom. The van der Waals surface area contributed by atoms with Gasteiger partial charge < -0.3 is 9.88 Å². The maximum atomic E-state index is 4.87. The number of pyridine rings is 1. The molecule has 6 rings (SSSR count). The van der Waals surface area contributed by atoms with Crippen molar-refractivity contribution in [2.75, 3.05) is 5.32 Å². The van der Waals surface area contributed by atoms with E-state index in [-0.39, 0.29) is 5.92 Å². The summed E-state index contributed by atoms with van der Waals surface area (Å²) in [4.78, 5) is 14.2. The fourth-order valence-corrected chi connectivity index (χ4v) is 4.39. The number of imidazole rings is 1. The van der Waals surface area contributed by atoms with Crippen LogP contribution in [0.15, 0.2) is 36.9 Å². The summed E-state index contributed by atoms with van der Waals surface area (Å²) in [6, 6.07) is 4.86. The first-order chi connectivity index (χ1) is 15.5. The van der Waals surface area contributed by atoms with E-state index >= 15 is 0 Å². The minimum absolute atomic E-state index is 0.222. The van der Waals surface area contributed by atoms with Gasteiger partial charge in [0.05, 0.1) is 28.6 Å². The summed E-state index contributed by atoms with van der Waals surface area (Å²) in [6.07, 6.45) is 9.98. The average molecular weight is 428 g/mol. The molecule has 9 nitrogen and oxygen atoms in total. The van der Waals surface area contributed by atoms with E-state index in [1.807, 2.05) is 30.2 Å². The molecule has 0 amide bonds. The second-order valence-corrected chi connectivity index (χ2v) is 8.85. The number of fused-ring (bicyclic) bond motifs is 2. The molecule has 5 aromatic rings. The monoisotopic (exact) mass is 427 g/mol. The van der Waals surface area contributed by atoms with Crippen molar-refractivity contribution >= 4 is 28.3 Å². The van der Waals surface area contributed by atoms with Crippen molar-refractivity contribution < 1.29 is 0 Å². The highest BCUT2D eigenvalue weighted by atomic mass is 15.3. The van der Waals surface area contributed by atoms with Crippen molar-refractivity contribution in [1.29, 1.82) is 0 Å². The summed E-state index contributed by atoms with van der Waals surface area (Å²) in [5, 5.41) is 12.2. The van der Waals surface area contributed by atoms with E-state index in [4.69, 9.17) is 10.1 Å². The van der Waals surface area contributed by atoms with E-state index < -0.39 is 0 Å². The Kier molecular flexibility index (Phi) is 4.08. The molecule has 0 aliphatic heterocycles. The number of hydrogen-bond acceptors (Lipinski definition) is 6. The van der Waals surface area contributed by atoms with Crippen LogP contribution in [0.3, 0.4) is 0 Å². The number of aryl methyl sites for hydroxylation is 2. The zero-order chi connectivity index (χ0) is 22.0. The molecule has 0 atom stereocenters. The van der Waals surface area contributed by atoms with Gasteiger partial charge in [0.2, 0.25) is 5.95 Å². The van der Waals surface area contributed by atoms with Crippen LogP contribution >= 0.6 is 0 Å². The molecular weight excluding hydrogens is 402 g/mol. The van der Waals surface area contributed by atoms with Crippen molar-refractivity contribution in [1.82, 2.24) is 38.9 Å². The van der Waals surface area contributed by atoms with E-state index in [2.05, 4.69) is 57.9 Å². The van der Waals surface area contributed by atoms with Gasteiger partial charge in [-0.15, -0.1) is 5.10 Å². The van der Waals surface area contributed by atoms with Crippen LogP contribution in [0.25, 0.3) is 27.8 Å². The molecule has 9 heteroatoms. The van der Waals surface area contributed by atoms with Gasteiger partial charge in [-0.2, -0.15) is 5.10 Å². The van der Waals surface area contributed by atoms with Gasteiger partial charge >= 0.3 is 0 Å². The van der Waals surface area contributed by atoms with E-state index in [0.717, 1.165) is 45.0 Å². The zero-order valence-corrected chi connectivity index (χ0v) is 18.6. The summed E-state index contributed by atoms with van der Waals surface area (Å²) in [5.41, 5.74) is 6.89. The molecule has 0 bridgehead atoms. The predicted octanol–water partition coefficient (Wildman–Crippen LogP) is 4.38. The smallest absolute Gasteiger partial charge is 0.245 e. The summed E-state index contributed by atoms with van der Waals surface area (Å²) in [7, 11) is 1.88. The first-order valence-electron chi connectivity index (χ1n) is 11.0. The van der Waals surface area contributed by atoms with Gasteiger partial charge in [-0.3, -0.25) is 4.68 Å². The summed E-state index contributed by atoms with van der Waals surface area (Å²) >= 11 is 0. The maximum absolute atomic E-state index is 4.87. The highest BCUT2D eigenvalue weighted by molar-refractivity contribution is 5.87. The molecule has 1 N–H and O–H groups in total. The minimum Gasteiger partial charge on any atom is -0.324 e. The maximum Gasteiger partial charge on any atom is 0.245 e. The van der Waals surface area contributed by atoms with Crippen molar-refractivity contribution in [3.8, 4) is 11.1 Å². The van der Waals surface area contributed by atoms with Crippen molar-refractivity contribution in [3.05, 3.63) is 48.4 Å². The Morgan fingerprint density at radius 1 is 1.16 bits per heavy atom. The Bertz CT molecular complexity index is 1470. The quantitative estimate of drug-likeness (QED) is 0.447. The highest BCUT2D eigenvalue weighted by Crippen LogP contribution is 2.39. The number of hydrogen-bond donors (Lipinski definition) is 1. The number of rotatable bonds is 5. The topological polar surface area (TPSA) is 90.8 Å². The fourth-order valence-electron chi connectivity index (χ4n) is 4.39. The lowest BCUT2D eigenvalue weighted by atomic mass is 10.0. The van der Waals surface area contributed by atoms with Crippen LogP contribution in [0.5, 0.6) is 0 Å². The van der Waals surface area contributed by atoms with E-state index in [1.54, 1.807) is 10.9 Å². The Hall–Kier alpha value is -3.75. The molecule has 1 fully saturated rings. The van der Waals surface area contributed by atoms with Gasteiger partial charge in [0, 0.05) is 42.8 Å². The second kappa shape index (κ2) is 6.88. The Balaban J connectivity index is 1.49. The fraction of sp³-hybridized carbons (Fsp3) is 0.348. The first-order valence-corrected chi connectivity index (χ1v) is 11.0. The lowest BCUT2D eigenvalue weighted by Gasteiger charge is -2.12. The van der Waals surface area contributed by atoms with Crippen molar-refractivity contribution in [2.24, 2.45) is 7.05 Å². The lowest BCUT2D eigenvalue weighted by Crippen LogP contribution is -2.07. The molecule has 5 heterocycles. The highest BCUT2D eigenvalue weighted by Gasteiger charge is 2.27. The van der Waals surface area contributed by atoms with E-state index in [9.17, 15) is 0 Å². The molecule has 1 saturated carbocycles. The molecule has 32 heavy (non-hydrogen) atoms. The minimum atomic E-state index is 0.222. The van der Waals surface area contributed by atoms with Gasteiger partial charge in [-0.25, -0.2) is 19.5 Å². The predicted molar refractivity (Wildman–Crippen MR) is 123 cm³/mol. The molecule has 0 radical (unpaired) electrons. The molecular formula is C23H25N9. The summed E-state index contributed by atoms with van der Waals surface area (Å²) < 4.78 is 5.99. The van der Waals surface area contributed by atoms with Crippen LogP contribution in [0.4, 0.5) is 11.6 Å². The van der Waals surface area contributed by atoms with Crippen LogP contribution in [-0.2, 0) is 7.05 Å². The third-order valence-electron chi connectivity index (χ3n) is 5.99. The number of aromatic nitrogens is 8. The molecule has 162 valence electrons. The van der Waals surface area contributed by atoms with Crippen LogP contribution in [0, 0.1) is 6.92 Å². The van der Waals surface area contributed by atoms with Crippen LogP contribution in [-0.4, -0.2) is 38.9 Å². The van der Waals surface area contributed by atoms with E-state index in [0.29, 0.717) is 12.0 Å². The van der Waals surface area contributed by atoms with Crippen LogP contribution < -0.4 is 5.32 Å². The molecule has 0 aromatic carbocycles. The standard InChI is InChI=1S/C23H25N9/c1-13(2)20-21-18(7-8-31(21)29-23(28-20)27-16-11-25-30(4)12-16)15-9-19-22(24-10-15)26-14(3)32(19)17-5-6-17/h7-13,17H,5-6H2,1-4H3,(H,27,29).